The molecule has 2 atom stereocenters. The number of hydrogen-bond acceptors (Lipinski definition) is 5. The fourth-order valence-electron chi connectivity index (χ4n) is 2.08. The third-order valence-corrected chi connectivity index (χ3v) is 2.98. The van der Waals surface area contributed by atoms with E-state index in [9.17, 15) is 0 Å². The molecule has 0 radical (unpaired) electrons. The van der Waals surface area contributed by atoms with Gasteiger partial charge in [0.1, 0.15) is 11.9 Å². The topological polar surface area (TPSA) is 62.9 Å². The second-order valence-corrected chi connectivity index (χ2v) is 3.91. The van der Waals surface area contributed by atoms with Crippen LogP contribution in [-0.2, 0) is 0 Å². The first-order chi connectivity index (χ1) is 8.13. The maximum Gasteiger partial charge on any atom is 0.203 e. The molecule has 2 rings (SSSR count). The van der Waals surface area contributed by atoms with Crippen molar-refractivity contribution < 1.29 is 18.9 Å². The summed E-state index contributed by atoms with van der Waals surface area (Å²) >= 11 is 0. The highest BCUT2D eigenvalue weighted by Crippen LogP contribution is 2.50. The molecule has 2 N–H and O–H groups in total. The van der Waals surface area contributed by atoms with Gasteiger partial charge in [0.15, 0.2) is 11.5 Å². The van der Waals surface area contributed by atoms with Crippen molar-refractivity contribution in [1.82, 2.24) is 0 Å². The van der Waals surface area contributed by atoms with Crippen LogP contribution in [0.3, 0.4) is 0 Å². The van der Waals surface area contributed by atoms with E-state index < -0.39 is 0 Å². The van der Waals surface area contributed by atoms with E-state index in [0.29, 0.717) is 23.0 Å². The van der Waals surface area contributed by atoms with Crippen molar-refractivity contribution in [2.45, 2.75) is 19.1 Å². The number of methoxy groups -OCH3 is 3. The lowest BCUT2D eigenvalue weighted by Gasteiger charge is -2.16. The Morgan fingerprint density at radius 2 is 1.76 bits per heavy atom. The quantitative estimate of drug-likeness (QED) is 0.865. The Hall–Kier alpha value is -1.62. The van der Waals surface area contributed by atoms with E-state index >= 15 is 0 Å². The number of nitrogens with two attached hydrogens (primary N) is 1. The maximum absolute atomic E-state index is 6.08. The van der Waals surface area contributed by atoms with E-state index in [2.05, 4.69) is 0 Å². The first-order valence-corrected chi connectivity index (χ1v) is 5.39. The third kappa shape index (κ3) is 1.67. The second kappa shape index (κ2) is 4.33. The Balaban J connectivity index is 2.65. The Morgan fingerprint density at radius 3 is 2.29 bits per heavy atom. The molecule has 1 aliphatic rings. The predicted molar refractivity (Wildman–Crippen MR) is 63.1 cm³/mol. The third-order valence-electron chi connectivity index (χ3n) is 2.98. The molecule has 0 spiro atoms. The zero-order chi connectivity index (χ0) is 12.6. The van der Waals surface area contributed by atoms with Crippen LogP contribution in [-0.4, -0.2) is 27.4 Å². The van der Waals surface area contributed by atoms with Crippen molar-refractivity contribution in [2.75, 3.05) is 21.3 Å². The van der Waals surface area contributed by atoms with Crippen LogP contribution in [0.5, 0.6) is 23.0 Å². The highest BCUT2D eigenvalue weighted by atomic mass is 16.5. The summed E-state index contributed by atoms with van der Waals surface area (Å²) in [4.78, 5) is 0. The molecule has 0 fully saturated rings. The summed E-state index contributed by atoms with van der Waals surface area (Å²) in [6, 6.07) is 1.56. The normalized spacial score (nSPS) is 21.7. The van der Waals surface area contributed by atoms with Crippen LogP contribution in [0.4, 0.5) is 0 Å². The number of hydrogen-bond donors (Lipinski definition) is 1. The summed E-state index contributed by atoms with van der Waals surface area (Å²) in [5.74, 6) is 2.39. The summed E-state index contributed by atoms with van der Waals surface area (Å²) < 4.78 is 21.6. The molecule has 2 unspecified atom stereocenters. The summed E-state index contributed by atoms with van der Waals surface area (Å²) in [7, 11) is 4.72. The van der Waals surface area contributed by atoms with E-state index in [1.807, 2.05) is 6.92 Å². The van der Waals surface area contributed by atoms with Gasteiger partial charge in [-0.15, -0.1) is 0 Å². The van der Waals surface area contributed by atoms with Crippen molar-refractivity contribution >= 4 is 0 Å². The summed E-state index contributed by atoms with van der Waals surface area (Å²) in [5.41, 5.74) is 6.91. The lowest BCUT2D eigenvalue weighted by atomic mass is 10.0. The zero-order valence-electron chi connectivity index (χ0n) is 10.4. The van der Waals surface area contributed by atoms with Crippen molar-refractivity contribution in [2.24, 2.45) is 5.73 Å². The van der Waals surface area contributed by atoms with Gasteiger partial charge >= 0.3 is 0 Å². The number of benzene rings is 1. The van der Waals surface area contributed by atoms with Gasteiger partial charge in [-0.25, -0.2) is 0 Å². The Labute approximate surface area is 100 Å². The van der Waals surface area contributed by atoms with Crippen molar-refractivity contribution in [3.63, 3.8) is 0 Å². The fourth-order valence-corrected chi connectivity index (χ4v) is 2.08. The molecule has 0 saturated heterocycles. The number of rotatable bonds is 3. The molecule has 0 aliphatic carbocycles. The monoisotopic (exact) mass is 239 g/mol. The lowest BCUT2D eigenvalue weighted by Crippen LogP contribution is -2.21. The largest absolute Gasteiger partial charge is 0.493 e. The molecule has 94 valence electrons. The van der Waals surface area contributed by atoms with E-state index in [4.69, 9.17) is 24.7 Å². The van der Waals surface area contributed by atoms with Gasteiger partial charge in [-0.2, -0.15) is 0 Å². The van der Waals surface area contributed by atoms with E-state index in [1.54, 1.807) is 27.4 Å². The van der Waals surface area contributed by atoms with E-state index in [1.165, 1.54) is 0 Å². The first kappa shape index (κ1) is 11.9. The second-order valence-electron chi connectivity index (χ2n) is 3.91. The van der Waals surface area contributed by atoms with Gasteiger partial charge in [0.2, 0.25) is 5.75 Å². The average Bonchev–Trinajstić information content (AvgIpc) is 2.62. The number of ether oxygens (including phenoxy) is 4. The van der Waals surface area contributed by atoms with Crippen molar-refractivity contribution in [3.05, 3.63) is 11.6 Å². The van der Waals surface area contributed by atoms with Crippen LogP contribution < -0.4 is 24.7 Å². The minimum Gasteiger partial charge on any atom is -0.493 e. The highest BCUT2D eigenvalue weighted by molar-refractivity contribution is 5.64. The minimum absolute atomic E-state index is 0.0873. The van der Waals surface area contributed by atoms with Crippen LogP contribution in [0.2, 0.25) is 0 Å². The molecule has 1 aromatic rings. The van der Waals surface area contributed by atoms with Gasteiger partial charge in [-0.3, -0.25) is 0 Å². The molecule has 0 amide bonds. The van der Waals surface area contributed by atoms with Gasteiger partial charge in [0.05, 0.1) is 32.9 Å². The predicted octanol–water partition coefficient (Wildman–Crippen LogP) is 1.49. The molecule has 0 bridgehead atoms. The SMILES string of the molecule is COc1cc2c(c(OC)c1OC)C(N)C(C)O2. The molecule has 0 saturated carbocycles. The molecule has 0 aromatic heterocycles. The number of fused-ring (bicyclic) bond motifs is 1. The zero-order valence-corrected chi connectivity index (χ0v) is 10.4. The molecule has 1 aromatic carbocycles. The van der Waals surface area contributed by atoms with E-state index in [0.717, 1.165) is 5.56 Å². The van der Waals surface area contributed by atoms with Crippen LogP contribution in [0.25, 0.3) is 0 Å². The summed E-state index contributed by atoms with van der Waals surface area (Å²) in [6.45, 7) is 1.92. The maximum atomic E-state index is 6.08. The van der Waals surface area contributed by atoms with Crippen LogP contribution in [0, 0.1) is 0 Å². The molecule has 1 heterocycles. The van der Waals surface area contributed by atoms with Gasteiger partial charge in [-0.05, 0) is 6.92 Å². The smallest absolute Gasteiger partial charge is 0.203 e. The fraction of sp³-hybridized carbons (Fsp3) is 0.500. The van der Waals surface area contributed by atoms with Crippen molar-refractivity contribution in [3.8, 4) is 23.0 Å². The van der Waals surface area contributed by atoms with Crippen LogP contribution >= 0.6 is 0 Å². The molecular weight excluding hydrogens is 222 g/mol. The van der Waals surface area contributed by atoms with Crippen LogP contribution in [0.1, 0.15) is 18.5 Å². The molecule has 5 nitrogen and oxygen atoms in total. The van der Waals surface area contributed by atoms with Gasteiger partial charge < -0.3 is 24.7 Å². The molecule has 17 heavy (non-hydrogen) atoms. The average molecular weight is 239 g/mol. The van der Waals surface area contributed by atoms with E-state index in [-0.39, 0.29) is 12.1 Å². The Kier molecular flexibility index (Phi) is 3.02. The lowest BCUT2D eigenvalue weighted by molar-refractivity contribution is 0.227. The van der Waals surface area contributed by atoms with Gasteiger partial charge in [0, 0.05) is 6.07 Å². The summed E-state index contributed by atoms with van der Waals surface area (Å²) in [5, 5.41) is 0. The van der Waals surface area contributed by atoms with Crippen molar-refractivity contribution in [1.29, 1.82) is 0 Å². The summed E-state index contributed by atoms with van der Waals surface area (Å²) in [6.07, 6.45) is -0.0873. The Morgan fingerprint density at radius 1 is 1.12 bits per heavy atom. The van der Waals surface area contributed by atoms with Gasteiger partial charge in [0.25, 0.3) is 0 Å². The van der Waals surface area contributed by atoms with Crippen LogP contribution in [0.15, 0.2) is 6.07 Å². The molecular formula is C12H17NO4. The Bertz CT molecular complexity index is 433. The highest BCUT2D eigenvalue weighted by Gasteiger charge is 2.35. The molecule has 5 heteroatoms. The minimum atomic E-state index is -0.222. The molecule has 1 aliphatic heterocycles. The first-order valence-electron chi connectivity index (χ1n) is 5.39. The van der Waals surface area contributed by atoms with Gasteiger partial charge in [-0.1, -0.05) is 0 Å². The standard InChI is InChI=1S/C12H17NO4/c1-6-10(13)9-7(17-6)5-8(14-2)11(15-3)12(9)16-4/h5-6,10H,13H2,1-4H3.